The first-order chi connectivity index (χ1) is 14.0. The van der Waals surface area contributed by atoms with Crippen LogP contribution in [0.4, 0.5) is 4.79 Å². The molecule has 30 heavy (non-hydrogen) atoms. The van der Waals surface area contributed by atoms with E-state index in [4.69, 9.17) is 4.74 Å². The first kappa shape index (κ1) is 22.0. The Bertz CT molecular complexity index is 861. The van der Waals surface area contributed by atoms with Crippen LogP contribution in [-0.2, 0) is 20.7 Å². The summed E-state index contributed by atoms with van der Waals surface area (Å²) in [4.78, 5) is 50.9. The average molecular weight is 415 g/mol. The lowest BCUT2D eigenvalue weighted by atomic mass is 9.64. The van der Waals surface area contributed by atoms with E-state index >= 15 is 0 Å². The summed E-state index contributed by atoms with van der Waals surface area (Å²) in [5.74, 6) is -1.22. The Labute approximate surface area is 177 Å². The third-order valence-corrected chi connectivity index (χ3v) is 5.96. The number of urea groups is 1. The number of ether oxygens (including phenoxy) is 1. The van der Waals surface area contributed by atoms with Gasteiger partial charge in [-0.15, -0.1) is 0 Å². The van der Waals surface area contributed by atoms with E-state index in [9.17, 15) is 19.2 Å². The van der Waals surface area contributed by atoms with Crippen molar-refractivity contribution in [3.63, 3.8) is 0 Å². The van der Waals surface area contributed by atoms with Crippen LogP contribution in [0.3, 0.4) is 0 Å². The maximum atomic E-state index is 13.0. The van der Waals surface area contributed by atoms with Crippen molar-refractivity contribution >= 4 is 23.7 Å². The molecule has 2 atom stereocenters. The topological polar surface area (TPSA) is 92.8 Å². The second-order valence-electron chi connectivity index (χ2n) is 9.39. The number of Topliss-reactive ketones (excluding diaryl/α,β-unsaturated/α-hetero) is 1. The standard InChI is InChI=1S/C23H30N2O5/c1-5-16-6-8-17(9-7-16)18(26)13-30-19(27)12-25-20(28)23(24-21(25)29)11-15(2)10-22(3,4)14-23/h6-9,15H,5,10-14H2,1-4H3,(H,24,29)/t15-,23-/m0/s1. The van der Waals surface area contributed by atoms with E-state index in [1.165, 1.54) is 0 Å². The molecule has 1 spiro atoms. The van der Waals surface area contributed by atoms with Gasteiger partial charge >= 0.3 is 12.0 Å². The minimum Gasteiger partial charge on any atom is -0.456 e. The van der Waals surface area contributed by atoms with E-state index in [2.05, 4.69) is 26.1 Å². The summed E-state index contributed by atoms with van der Waals surface area (Å²) in [6, 6.07) is 6.52. The van der Waals surface area contributed by atoms with Crippen molar-refractivity contribution in [1.82, 2.24) is 10.2 Å². The largest absolute Gasteiger partial charge is 0.456 e. The Balaban J connectivity index is 1.59. The van der Waals surface area contributed by atoms with Gasteiger partial charge in [0.2, 0.25) is 0 Å². The quantitative estimate of drug-likeness (QED) is 0.439. The molecule has 1 saturated heterocycles. The van der Waals surface area contributed by atoms with Crippen molar-refractivity contribution in [3.05, 3.63) is 35.4 Å². The predicted octanol–water partition coefficient (Wildman–Crippen LogP) is 3.11. The van der Waals surface area contributed by atoms with E-state index in [1.807, 2.05) is 19.1 Å². The van der Waals surface area contributed by atoms with Crippen LogP contribution in [0.1, 0.15) is 62.9 Å². The number of benzene rings is 1. The molecule has 2 fully saturated rings. The van der Waals surface area contributed by atoms with Crippen LogP contribution in [-0.4, -0.2) is 47.3 Å². The van der Waals surface area contributed by atoms with Gasteiger partial charge < -0.3 is 10.1 Å². The number of amides is 3. The summed E-state index contributed by atoms with van der Waals surface area (Å²) in [5.41, 5.74) is 0.510. The van der Waals surface area contributed by atoms with E-state index < -0.39 is 30.7 Å². The normalized spacial score (nSPS) is 25.3. The zero-order chi connectivity index (χ0) is 22.1. The van der Waals surface area contributed by atoms with Gasteiger partial charge in [0.15, 0.2) is 12.4 Å². The lowest BCUT2D eigenvalue weighted by Gasteiger charge is -2.43. The lowest BCUT2D eigenvalue weighted by molar-refractivity contribution is -0.147. The molecule has 1 saturated carbocycles. The van der Waals surface area contributed by atoms with Crippen LogP contribution in [0, 0.1) is 11.3 Å². The summed E-state index contributed by atoms with van der Waals surface area (Å²) in [7, 11) is 0. The monoisotopic (exact) mass is 414 g/mol. The van der Waals surface area contributed by atoms with Gasteiger partial charge in [0.25, 0.3) is 5.91 Å². The first-order valence-electron chi connectivity index (χ1n) is 10.5. The molecule has 1 N–H and O–H groups in total. The Kier molecular flexibility index (Phi) is 6.01. The second-order valence-corrected chi connectivity index (χ2v) is 9.39. The Morgan fingerprint density at radius 3 is 2.43 bits per heavy atom. The van der Waals surface area contributed by atoms with Crippen molar-refractivity contribution in [2.45, 2.75) is 58.9 Å². The van der Waals surface area contributed by atoms with Crippen LogP contribution in [0.2, 0.25) is 0 Å². The van der Waals surface area contributed by atoms with Crippen molar-refractivity contribution in [2.24, 2.45) is 11.3 Å². The summed E-state index contributed by atoms with van der Waals surface area (Å²) >= 11 is 0. The molecule has 1 aromatic rings. The van der Waals surface area contributed by atoms with Gasteiger partial charge in [-0.2, -0.15) is 0 Å². The number of carbonyl (C=O) groups excluding carboxylic acids is 4. The molecule has 0 radical (unpaired) electrons. The van der Waals surface area contributed by atoms with Gasteiger partial charge in [-0.05, 0) is 42.6 Å². The summed E-state index contributed by atoms with van der Waals surface area (Å²) in [6.45, 7) is 7.33. The molecule has 0 unspecified atom stereocenters. The molecule has 1 aliphatic heterocycles. The molecule has 3 rings (SSSR count). The molecule has 162 valence electrons. The summed E-state index contributed by atoms with van der Waals surface area (Å²) < 4.78 is 5.05. The number of hydrogen-bond donors (Lipinski definition) is 1. The van der Waals surface area contributed by atoms with Gasteiger partial charge in [0.1, 0.15) is 12.1 Å². The third-order valence-electron chi connectivity index (χ3n) is 5.96. The van der Waals surface area contributed by atoms with Gasteiger partial charge in [-0.1, -0.05) is 52.0 Å². The molecule has 7 heteroatoms. The number of ketones is 1. The van der Waals surface area contributed by atoms with Crippen molar-refractivity contribution in [2.75, 3.05) is 13.2 Å². The fourth-order valence-electron chi connectivity index (χ4n) is 4.98. The molecule has 3 amide bonds. The van der Waals surface area contributed by atoms with Crippen molar-refractivity contribution in [1.29, 1.82) is 0 Å². The van der Waals surface area contributed by atoms with Gasteiger partial charge in [-0.3, -0.25) is 19.3 Å². The van der Waals surface area contributed by atoms with Crippen LogP contribution in [0.25, 0.3) is 0 Å². The number of imide groups is 1. The number of aryl methyl sites for hydroxylation is 1. The number of nitrogens with zero attached hydrogens (tertiary/aromatic N) is 1. The number of hydrogen-bond acceptors (Lipinski definition) is 5. The molecule has 1 aromatic carbocycles. The fraction of sp³-hybridized carbons (Fsp3) is 0.565. The minimum absolute atomic E-state index is 0.0864. The fourth-order valence-corrected chi connectivity index (χ4v) is 4.98. The van der Waals surface area contributed by atoms with Crippen molar-refractivity contribution in [3.8, 4) is 0 Å². The van der Waals surface area contributed by atoms with Crippen LogP contribution < -0.4 is 5.32 Å². The zero-order valence-corrected chi connectivity index (χ0v) is 18.1. The molecule has 1 aliphatic carbocycles. The van der Waals surface area contributed by atoms with E-state index in [1.54, 1.807) is 12.1 Å². The molecular weight excluding hydrogens is 384 g/mol. The zero-order valence-electron chi connectivity index (χ0n) is 18.1. The molecule has 2 aliphatic rings. The Morgan fingerprint density at radius 1 is 1.17 bits per heavy atom. The number of esters is 1. The highest BCUT2D eigenvalue weighted by Gasteiger charge is 2.56. The van der Waals surface area contributed by atoms with Crippen LogP contribution in [0.15, 0.2) is 24.3 Å². The SMILES string of the molecule is CCc1ccc(C(=O)COC(=O)CN2C(=O)N[C@]3(C[C@@H](C)CC(C)(C)C3)C2=O)cc1. The van der Waals surface area contributed by atoms with Crippen molar-refractivity contribution < 1.29 is 23.9 Å². The van der Waals surface area contributed by atoms with E-state index in [0.717, 1.165) is 23.3 Å². The van der Waals surface area contributed by atoms with Gasteiger partial charge in [-0.25, -0.2) is 4.79 Å². The number of carbonyl (C=O) groups is 4. The summed E-state index contributed by atoms with van der Waals surface area (Å²) in [5, 5.41) is 2.82. The lowest BCUT2D eigenvalue weighted by Crippen LogP contribution is -2.54. The highest BCUT2D eigenvalue weighted by molar-refractivity contribution is 6.09. The average Bonchev–Trinajstić information content (AvgIpc) is 2.87. The predicted molar refractivity (Wildman–Crippen MR) is 111 cm³/mol. The Hall–Kier alpha value is -2.70. The molecule has 0 bridgehead atoms. The van der Waals surface area contributed by atoms with Crippen LogP contribution >= 0.6 is 0 Å². The molecule has 7 nitrogen and oxygen atoms in total. The maximum Gasteiger partial charge on any atom is 0.326 e. The molecule has 0 aromatic heterocycles. The highest BCUT2D eigenvalue weighted by Crippen LogP contribution is 2.46. The minimum atomic E-state index is -0.963. The Morgan fingerprint density at radius 2 is 1.83 bits per heavy atom. The van der Waals surface area contributed by atoms with E-state index in [-0.39, 0.29) is 23.0 Å². The molecular formula is C23H30N2O5. The maximum absolute atomic E-state index is 13.0. The number of nitrogens with one attached hydrogen (secondary N) is 1. The van der Waals surface area contributed by atoms with E-state index in [0.29, 0.717) is 18.4 Å². The van der Waals surface area contributed by atoms with Crippen LogP contribution in [0.5, 0.6) is 0 Å². The first-order valence-corrected chi connectivity index (χ1v) is 10.5. The highest BCUT2D eigenvalue weighted by atomic mass is 16.5. The van der Waals surface area contributed by atoms with Gasteiger partial charge in [0.05, 0.1) is 0 Å². The number of rotatable bonds is 6. The summed E-state index contributed by atoms with van der Waals surface area (Å²) in [6.07, 6.45) is 2.93. The molecule has 1 heterocycles. The smallest absolute Gasteiger partial charge is 0.326 e. The van der Waals surface area contributed by atoms with Gasteiger partial charge in [0, 0.05) is 5.56 Å². The third kappa shape index (κ3) is 4.55. The second kappa shape index (κ2) is 8.20.